The zero-order chi connectivity index (χ0) is 15.5. The van der Waals surface area contributed by atoms with Crippen LogP contribution in [0, 0.1) is 6.92 Å². The molecule has 3 aromatic rings. The van der Waals surface area contributed by atoms with Gasteiger partial charge >= 0.3 is 5.97 Å². The molecule has 0 bridgehead atoms. The lowest BCUT2D eigenvalue weighted by molar-refractivity contribution is 0.0735. The fraction of sp³-hybridized carbons (Fsp3) is 0.0526. The maximum Gasteiger partial charge on any atom is 0.343 e. The Morgan fingerprint density at radius 3 is 2.45 bits per heavy atom. The number of ether oxygens (including phenoxy) is 1. The third kappa shape index (κ3) is 2.49. The number of aryl methyl sites for hydroxylation is 1. The van der Waals surface area contributed by atoms with Gasteiger partial charge in [0.2, 0.25) is 0 Å². The van der Waals surface area contributed by atoms with E-state index in [2.05, 4.69) is 0 Å². The van der Waals surface area contributed by atoms with E-state index in [4.69, 9.17) is 4.74 Å². The minimum Gasteiger partial charge on any atom is -0.421 e. The molecule has 3 aromatic carbocycles. The predicted octanol–water partition coefficient (Wildman–Crippen LogP) is 4.18. The van der Waals surface area contributed by atoms with E-state index >= 15 is 0 Å². The van der Waals surface area contributed by atoms with E-state index in [0.29, 0.717) is 23.2 Å². The lowest BCUT2D eigenvalue weighted by Crippen LogP contribution is -2.11. The Morgan fingerprint density at radius 1 is 0.955 bits per heavy atom. The molecule has 3 rings (SSSR count). The minimum atomic E-state index is -0.461. The maximum absolute atomic E-state index is 12.4. The van der Waals surface area contributed by atoms with Crippen LogP contribution in [-0.4, -0.2) is 12.3 Å². The lowest BCUT2D eigenvalue weighted by Gasteiger charge is -2.11. The molecule has 0 saturated heterocycles. The molecular formula is C19H14O3. The minimum absolute atomic E-state index is 0.307. The quantitative estimate of drug-likeness (QED) is 0.413. The van der Waals surface area contributed by atoms with Crippen molar-refractivity contribution in [3.63, 3.8) is 0 Å². The number of carbonyl (C=O) groups excluding carboxylic acids is 2. The number of esters is 1. The Labute approximate surface area is 128 Å². The van der Waals surface area contributed by atoms with Crippen molar-refractivity contribution in [2.45, 2.75) is 6.92 Å². The van der Waals surface area contributed by atoms with Gasteiger partial charge in [-0.1, -0.05) is 48.5 Å². The summed E-state index contributed by atoms with van der Waals surface area (Å²) < 4.78 is 5.55. The number of rotatable bonds is 3. The van der Waals surface area contributed by atoms with Crippen molar-refractivity contribution >= 4 is 23.0 Å². The third-order valence-corrected chi connectivity index (χ3v) is 3.60. The standard InChI is InChI=1S/C19H14O3/c1-13-6-2-4-8-16(13)19(21)22-18-15(12-20)11-10-14-7-3-5-9-17(14)18/h2-12H,1H3. The molecule has 22 heavy (non-hydrogen) atoms. The number of hydrogen-bond donors (Lipinski definition) is 0. The van der Waals surface area contributed by atoms with E-state index < -0.39 is 5.97 Å². The normalized spacial score (nSPS) is 10.4. The van der Waals surface area contributed by atoms with Crippen LogP contribution in [0.2, 0.25) is 0 Å². The van der Waals surface area contributed by atoms with Gasteiger partial charge in [-0.2, -0.15) is 0 Å². The lowest BCUT2D eigenvalue weighted by atomic mass is 10.1. The van der Waals surface area contributed by atoms with E-state index in [1.165, 1.54) is 0 Å². The van der Waals surface area contributed by atoms with Crippen molar-refractivity contribution < 1.29 is 14.3 Å². The molecule has 0 atom stereocenters. The number of hydrogen-bond acceptors (Lipinski definition) is 3. The first-order valence-electron chi connectivity index (χ1n) is 6.95. The smallest absolute Gasteiger partial charge is 0.343 e. The second-order valence-electron chi connectivity index (χ2n) is 5.03. The van der Waals surface area contributed by atoms with Crippen molar-refractivity contribution in [3.05, 3.63) is 77.4 Å². The summed E-state index contributed by atoms with van der Waals surface area (Å²) in [4.78, 5) is 23.7. The number of benzene rings is 3. The van der Waals surface area contributed by atoms with Crippen molar-refractivity contribution in [2.24, 2.45) is 0 Å². The molecule has 0 aliphatic heterocycles. The molecule has 0 radical (unpaired) electrons. The van der Waals surface area contributed by atoms with Crippen LogP contribution in [0.1, 0.15) is 26.3 Å². The van der Waals surface area contributed by atoms with Crippen molar-refractivity contribution in [2.75, 3.05) is 0 Å². The van der Waals surface area contributed by atoms with Gasteiger partial charge in [0.1, 0.15) is 5.75 Å². The summed E-state index contributed by atoms with van der Waals surface area (Å²) in [6.45, 7) is 1.85. The van der Waals surface area contributed by atoms with Gasteiger partial charge in [0, 0.05) is 5.39 Å². The average Bonchev–Trinajstić information content (AvgIpc) is 2.55. The molecule has 108 valence electrons. The number of carbonyl (C=O) groups is 2. The zero-order valence-electron chi connectivity index (χ0n) is 12.1. The fourth-order valence-electron chi connectivity index (χ4n) is 2.42. The van der Waals surface area contributed by atoms with Gasteiger partial charge in [0.25, 0.3) is 0 Å². The van der Waals surface area contributed by atoms with Crippen LogP contribution in [-0.2, 0) is 0 Å². The highest BCUT2D eigenvalue weighted by Gasteiger charge is 2.15. The topological polar surface area (TPSA) is 43.4 Å². The zero-order valence-corrected chi connectivity index (χ0v) is 12.1. The van der Waals surface area contributed by atoms with Crippen LogP contribution in [0.5, 0.6) is 5.75 Å². The number of aldehydes is 1. The summed E-state index contributed by atoms with van der Waals surface area (Å²) in [5.41, 5.74) is 1.69. The largest absolute Gasteiger partial charge is 0.421 e. The van der Waals surface area contributed by atoms with Crippen LogP contribution in [0.25, 0.3) is 10.8 Å². The Kier molecular flexibility index (Phi) is 3.71. The first kappa shape index (κ1) is 14.0. The Hall–Kier alpha value is -2.94. The van der Waals surface area contributed by atoms with Crippen LogP contribution < -0.4 is 4.74 Å². The molecule has 0 aromatic heterocycles. The second-order valence-corrected chi connectivity index (χ2v) is 5.03. The van der Waals surface area contributed by atoms with Gasteiger partial charge in [-0.15, -0.1) is 0 Å². The SMILES string of the molecule is Cc1ccccc1C(=O)Oc1c(C=O)ccc2ccccc12. The van der Waals surface area contributed by atoms with E-state index in [1.54, 1.807) is 18.2 Å². The molecule has 0 aliphatic rings. The van der Waals surface area contributed by atoms with Crippen molar-refractivity contribution in [1.29, 1.82) is 0 Å². The highest BCUT2D eigenvalue weighted by molar-refractivity contribution is 6.00. The van der Waals surface area contributed by atoms with E-state index in [0.717, 1.165) is 16.3 Å². The van der Waals surface area contributed by atoms with Crippen molar-refractivity contribution in [3.8, 4) is 5.75 Å². The van der Waals surface area contributed by atoms with Crippen LogP contribution >= 0.6 is 0 Å². The maximum atomic E-state index is 12.4. The summed E-state index contributed by atoms with van der Waals surface area (Å²) >= 11 is 0. The van der Waals surface area contributed by atoms with Crippen LogP contribution in [0.3, 0.4) is 0 Å². The van der Waals surface area contributed by atoms with Gasteiger partial charge < -0.3 is 4.74 Å². The molecule has 0 aliphatic carbocycles. The molecule has 3 nitrogen and oxygen atoms in total. The summed E-state index contributed by atoms with van der Waals surface area (Å²) in [6.07, 6.45) is 0.701. The molecule has 0 spiro atoms. The van der Waals surface area contributed by atoms with Gasteiger partial charge in [-0.3, -0.25) is 4.79 Å². The van der Waals surface area contributed by atoms with Gasteiger partial charge in [0.15, 0.2) is 6.29 Å². The Morgan fingerprint density at radius 2 is 1.68 bits per heavy atom. The first-order valence-corrected chi connectivity index (χ1v) is 6.95. The Balaban J connectivity index is 2.08. The van der Waals surface area contributed by atoms with Crippen LogP contribution in [0.4, 0.5) is 0 Å². The van der Waals surface area contributed by atoms with E-state index in [-0.39, 0.29) is 0 Å². The highest BCUT2D eigenvalue weighted by atomic mass is 16.5. The summed E-state index contributed by atoms with van der Waals surface area (Å²) in [5, 5.41) is 1.66. The van der Waals surface area contributed by atoms with E-state index in [1.807, 2.05) is 49.4 Å². The summed E-state index contributed by atoms with van der Waals surface area (Å²) in [6, 6.07) is 18.2. The Bertz CT molecular complexity index is 865. The molecule has 0 unspecified atom stereocenters. The molecule has 0 fully saturated rings. The van der Waals surface area contributed by atoms with Gasteiger partial charge in [-0.05, 0) is 30.0 Å². The van der Waals surface area contributed by atoms with Gasteiger partial charge in [-0.25, -0.2) is 4.79 Å². The summed E-state index contributed by atoms with van der Waals surface area (Å²) in [7, 11) is 0. The molecule has 0 saturated carbocycles. The summed E-state index contributed by atoms with van der Waals surface area (Å²) in [5.74, 6) is -0.154. The fourth-order valence-corrected chi connectivity index (χ4v) is 2.42. The number of fused-ring (bicyclic) bond motifs is 1. The predicted molar refractivity (Wildman–Crippen MR) is 85.5 cm³/mol. The highest BCUT2D eigenvalue weighted by Crippen LogP contribution is 2.29. The molecule has 0 N–H and O–H groups in total. The van der Waals surface area contributed by atoms with Crippen molar-refractivity contribution in [1.82, 2.24) is 0 Å². The molecular weight excluding hydrogens is 276 g/mol. The average molecular weight is 290 g/mol. The van der Waals surface area contributed by atoms with E-state index in [9.17, 15) is 9.59 Å². The second kappa shape index (κ2) is 5.82. The van der Waals surface area contributed by atoms with Crippen LogP contribution in [0.15, 0.2) is 60.7 Å². The van der Waals surface area contributed by atoms with Gasteiger partial charge in [0.05, 0.1) is 11.1 Å². The third-order valence-electron chi connectivity index (χ3n) is 3.60. The molecule has 0 heterocycles. The molecule has 0 amide bonds. The monoisotopic (exact) mass is 290 g/mol. The molecule has 3 heteroatoms. The first-order chi connectivity index (χ1) is 10.7.